The number of para-hydroxylation sites is 1. The van der Waals surface area contributed by atoms with Crippen molar-refractivity contribution in [2.24, 2.45) is 9.98 Å². The van der Waals surface area contributed by atoms with Gasteiger partial charge in [0.2, 0.25) is 0 Å². The topological polar surface area (TPSA) is 63.4 Å². The molecule has 5 nitrogen and oxygen atoms in total. The molecule has 0 radical (unpaired) electrons. The highest BCUT2D eigenvalue weighted by Crippen LogP contribution is 2.32. The van der Waals surface area contributed by atoms with Gasteiger partial charge in [-0.2, -0.15) is 0 Å². The second-order valence-corrected chi connectivity index (χ2v) is 14.0. The van der Waals surface area contributed by atoms with Gasteiger partial charge in [-0.1, -0.05) is 152 Å². The summed E-state index contributed by atoms with van der Waals surface area (Å²) in [5, 5.41) is 3.29. The highest BCUT2D eigenvalue weighted by molar-refractivity contribution is 6.14. The molecule has 5 heteroatoms. The fraction of sp³-hybridized carbons (Fsp3) is 0.0392. The Balaban J connectivity index is 0.950. The minimum atomic E-state index is 0.719. The maximum atomic E-state index is 5.15. The van der Waals surface area contributed by atoms with Gasteiger partial charge < -0.3 is 0 Å². The molecule has 0 aliphatic carbocycles. The number of hydrogen-bond acceptors (Lipinski definition) is 5. The number of fused-ring (bicyclic) bond motifs is 3. The summed E-state index contributed by atoms with van der Waals surface area (Å²) in [4.78, 5) is 25.2. The molecule has 56 heavy (non-hydrogen) atoms. The Kier molecular flexibility index (Phi) is 8.58. The number of aliphatic imine (C=N–C) groups is 2. The average Bonchev–Trinajstić information content (AvgIpc) is 3.26. The quantitative estimate of drug-likeness (QED) is 0.172. The van der Waals surface area contributed by atoms with E-state index < -0.39 is 0 Å². The van der Waals surface area contributed by atoms with Crippen LogP contribution in [0.15, 0.2) is 198 Å². The fourth-order valence-corrected chi connectivity index (χ4v) is 7.48. The van der Waals surface area contributed by atoms with Gasteiger partial charge in [-0.05, 0) is 65.4 Å². The minimum Gasteiger partial charge on any atom is -0.256 e. The smallest absolute Gasteiger partial charge is 0.160 e. The Morgan fingerprint density at radius 3 is 1.75 bits per heavy atom. The standard InChI is InChI=1S/C51H35N5/c1-3-10-34(11-4-1)44-17-8-18-45(56-51(55-44)40-12-5-2-6-13-40)35-19-21-36(22-20-35)46-29-27-37-23-25-41(32-48(37)53-46)42-26-24-38-28-30-47(54-49(38)33-42)43-16-7-14-39-15-9-31-52-50(39)43/h1-7,9-16,18-33H,8,17H2. The van der Waals surface area contributed by atoms with E-state index in [1.165, 1.54) is 0 Å². The van der Waals surface area contributed by atoms with Crippen molar-refractivity contribution in [3.8, 4) is 33.6 Å². The van der Waals surface area contributed by atoms with E-state index in [4.69, 9.17) is 20.0 Å². The summed E-state index contributed by atoms with van der Waals surface area (Å²) in [6.07, 6.45) is 5.75. The first-order valence-corrected chi connectivity index (χ1v) is 19.0. The molecule has 3 aromatic heterocycles. The second kappa shape index (κ2) is 14.5. The first-order chi connectivity index (χ1) is 27.7. The molecule has 0 saturated carbocycles. The molecule has 0 atom stereocenters. The van der Waals surface area contributed by atoms with Crippen LogP contribution in [0, 0.1) is 0 Å². The summed E-state index contributed by atoms with van der Waals surface area (Å²) >= 11 is 0. The molecule has 9 aromatic rings. The molecular weight excluding hydrogens is 683 g/mol. The van der Waals surface area contributed by atoms with Gasteiger partial charge >= 0.3 is 0 Å². The van der Waals surface area contributed by atoms with Crippen LogP contribution in [-0.4, -0.2) is 26.5 Å². The molecule has 0 bridgehead atoms. The van der Waals surface area contributed by atoms with Crippen LogP contribution in [0.2, 0.25) is 0 Å². The van der Waals surface area contributed by atoms with Crippen molar-refractivity contribution >= 4 is 50.0 Å². The molecule has 10 rings (SSSR count). The van der Waals surface area contributed by atoms with Crippen molar-refractivity contribution in [3.63, 3.8) is 0 Å². The lowest BCUT2D eigenvalue weighted by Crippen LogP contribution is -2.09. The Morgan fingerprint density at radius 1 is 0.411 bits per heavy atom. The molecule has 0 N–H and O–H groups in total. The second-order valence-electron chi connectivity index (χ2n) is 14.0. The Labute approximate surface area is 325 Å². The lowest BCUT2D eigenvalue weighted by molar-refractivity contribution is 1.08. The highest BCUT2D eigenvalue weighted by atomic mass is 14.9. The molecule has 0 saturated heterocycles. The number of nitrogens with zero attached hydrogens (tertiary/aromatic N) is 5. The van der Waals surface area contributed by atoms with E-state index in [1.807, 2.05) is 36.5 Å². The molecule has 0 fully saturated rings. The predicted octanol–water partition coefficient (Wildman–Crippen LogP) is 12.4. The highest BCUT2D eigenvalue weighted by Gasteiger charge is 2.14. The average molecular weight is 718 g/mol. The maximum absolute atomic E-state index is 5.15. The first-order valence-electron chi connectivity index (χ1n) is 19.0. The van der Waals surface area contributed by atoms with Gasteiger partial charge in [-0.3, -0.25) is 4.98 Å². The van der Waals surface area contributed by atoms with Crippen LogP contribution < -0.4 is 0 Å². The largest absolute Gasteiger partial charge is 0.256 e. The van der Waals surface area contributed by atoms with Gasteiger partial charge in [0.25, 0.3) is 0 Å². The van der Waals surface area contributed by atoms with Crippen molar-refractivity contribution < 1.29 is 0 Å². The number of hydrogen-bond donors (Lipinski definition) is 0. The van der Waals surface area contributed by atoms with Gasteiger partial charge in [0.1, 0.15) is 0 Å². The minimum absolute atomic E-state index is 0.719. The van der Waals surface area contributed by atoms with Crippen molar-refractivity contribution in [3.05, 3.63) is 205 Å². The molecule has 4 heterocycles. The Morgan fingerprint density at radius 2 is 1.02 bits per heavy atom. The molecule has 0 spiro atoms. The van der Waals surface area contributed by atoms with Crippen molar-refractivity contribution in [2.75, 3.05) is 0 Å². The van der Waals surface area contributed by atoms with Crippen LogP contribution in [0.1, 0.15) is 29.5 Å². The first kappa shape index (κ1) is 33.2. The number of allylic oxidation sites excluding steroid dienone is 1. The molecule has 0 unspecified atom stereocenters. The molecule has 1 aliphatic rings. The van der Waals surface area contributed by atoms with Gasteiger partial charge in [0.15, 0.2) is 5.84 Å². The van der Waals surface area contributed by atoms with Gasteiger partial charge in [-0.25, -0.2) is 20.0 Å². The Hall–Kier alpha value is -7.37. The van der Waals surface area contributed by atoms with E-state index in [0.29, 0.717) is 0 Å². The normalized spacial score (nSPS) is 13.2. The fourth-order valence-electron chi connectivity index (χ4n) is 7.48. The van der Waals surface area contributed by atoms with E-state index in [1.54, 1.807) is 0 Å². The number of amidine groups is 1. The lowest BCUT2D eigenvalue weighted by Gasteiger charge is -2.13. The zero-order valence-electron chi connectivity index (χ0n) is 30.5. The number of rotatable bonds is 6. The van der Waals surface area contributed by atoms with Crippen molar-refractivity contribution in [1.82, 2.24) is 15.0 Å². The lowest BCUT2D eigenvalue weighted by atomic mass is 10.00. The van der Waals surface area contributed by atoms with Crippen LogP contribution in [0.25, 0.3) is 72.0 Å². The monoisotopic (exact) mass is 717 g/mol. The van der Waals surface area contributed by atoms with Gasteiger partial charge in [-0.15, -0.1) is 0 Å². The molecule has 264 valence electrons. The van der Waals surface area contributed by atoms with Crippen LogP contribution >= 0.6 is 0 Å². The number of pyridine rings is 3. The zero-order valence-corrected chi connectivity index (χ0v) is 30.5. The summed E-state index contributed by atoms with van der Waals surface area (Å²) in [5.41, 5.74) is 14.1. The van der Waals surface area contributed by atoms with Crippen LogP contribution in [0.3, 0.4) is 0 Å². The molecule has 0 amide bonds. The third kappa shape index (κ3) is 6.56. The van der Waals surface area contributed by atoms with E-state index in [2.05, 4.69) is 157 Å². The SMILES string of the molecule is C1=C(c2ccc(-c3ccc4ccc(-c5ccc6ccc(-c7cccc8cccnc78)nc6c5)cc4n3)cc2)N=C(c2ccccc2)N=C(c2ccccc2)CC1. The number of benzene rings is 6. The van der Waals surface area contributed by atoms with Gasteiger partial charge in [0, 0.05) is 39.0 Å². The van der Waals surface area contributed by atoms with Crippen LogP contribution in [0.5, 0.6) is 0 Å². The van der Waals surface area contributed by atoms with Gasteiger partial charge in [0.05, 0.1) is 39.3 Å². The van der Waals surface area contributed by atoms with Crippen molar-refractivity contribution in [2.45, 2.75) is 12.8 Å². The summed E-state index contributed by atoms with van der Waals surface area (Å²) < 4.78 is 0. The number of aromatic nitrogens is 3. The molecule has 6 aromatic carbocycles. The molecular formula is C51H35N5. The van der Waals surface area contributed by atoms with E-state index >= 15 is 0 Å². The summed E-state index contributed by atoms with van der Waals surface area (Å²) in [7, 11) is 0. The summed E-state index contributed by atoms with van der Waals surface area (Å²) in [6, 6.07) is 60.9. The van der Waals surface area contributed by atoms with E-state index in [9.17, 15) is 0 Å². The third-order valence-corrected chi connectivity index (χ3v) is 10.4. The van der Waals surface area contributed by atoms with Crippen LogP contribution in [0.4, 0.5) is 0 Å². The van der Waals surface area contributed by atoms with E-state index in [0.717, 1.165) is 113 Å². The zero-order chi connectivity index (χ0) is 37.3. The van der Waals surface area contributed by atoms with Crippen LogP contribution in [-0.2, 0) is 0 Å². The van der Waals surface area contributed by atoms with E-state index in [-0.39, 0.29) is 0 Å². The predicted molar refractivity (Wildman–Crippen MR) is 232 cm³/mol. The molecule has 1 aliphatic heterocycles. The third-order valence-electron chi connectivity index (χ3n) is 10.4. The van der Waals surface area contributed by atoms with Crippen molar-refractivity contribution in [1.29, 1.82) is 0 Å². The summed E-state index contributed by atoms with van der Waals surface area (Å²) in [5.74, 6) is 0.719. The Bertz CT molecular complexity index is 3000. The maximum Gasteiger partial charge on any atom is 0.160 e. The summed E-state index contributed by atoms with van der Waals surface area (Å²) in [6.45, 7) is 0.